The molecule has 32 heavy (non-hydrogen) atoms. The standard InChI is InChI=1S/C22H27BrN6O3/c1-4-20(30)25-17-9-15(24-21-22(31)27(3)11-19(23)26-21)5-6-18(17)29-8-7-28(10-14(29)2)16-12-32-13-16/h4-6,9,11,14,16H,1,7-8,10,12-13H2,2-3H3,(H,24,26)(H,25,30)/t14-/m0/s1. The second kappa shape index (κ2) is 9.43. The highest BCUT2D eigenvalue weighted by molar-refractivity contribution is 9.10. The fourth-order valence-corrected chi connectivity index (χ4v) is 4.53. The van der Waals surface area contributed by atoms with Gasteiger partial charge >= 0.3 is 0 Å². The van der Waals surface area contributed by atoms with E-state index in [1.54, 1.807) is 13.2 Å². The third-order valence-corrected chi connectivity index (χ3v) is 6.23. The van der Waals surface area contributed by atoms with E-state index < -0.39 is 0 Å². The van der Waals surface area contributed by atoms with E-state index in [1.165, 1.54) is 10.6 Å². The number of ether oxygens (including phenoxy) is 1. The zero-order chi connectivity index (χ0) is 22.8. The molecule has 1 amide bonds. The Hall–Kier alpha value is -2.69. The fraction of sp³-hybridized carbons (Fsp3) is 0.409. The van der Waals surface area contributed by atoms with Crippen molar-refractivity contribution in [2.45, 2.75) is 19.0 Å². The van der Waals surface area contributed by atoms with E-state index in [9.17, 15) is 9.59 Å². The zero-order valence-corrected chi connectivity index (χ0v) is 19.8. The van der Waals surface area contributed by atoms with E-state index in [-0.39, 0.29) is 23.3 Å². The second-order valence-corrected chi connectivity index (χ2v) is 8.92. The number of carbonyl (C=O) groups excluding carboxylic acids is 1. The molecular weight excluding hydrogens is 476 g/mol. The highest BCUT2D eigenvalue weighted by Crippen LogP contribution is 2.33. The molecule has 1 aromatic heterocycles. The topological polar surface area (TPSA) is 91.7 Å². The number of aromatic nitrogens is 2. The molecule has 1 aromatic carbocycles. The lowest BCUT2D eigenvalue weighted by Gasteiger charge is -2.46. The number of halogens is 1. The van der Waals surface area contributed by atoms with Crippen molar-refractivity contribution in [3.05, 3.63) is 52.0 Å². The maximum atomic E-state index is 12.4. The molecule has 10 heteroatoms. The highest BCUT2D eigenvalue weighted by Gasteiger charge is 2.33. The van der Waals surface area contributed by atoms with E-state index in [0.717, 1.165) is 38.5 Å². The minimum Gasteiger partial charge on any atom is -0.378 e. The summed E-state index contributed by atoms with van der Waals surface area (Å²) in [4.78, 5) is 33.6. The summed E-state index contributed by atoms with van der Waals surface area (Å²) in [7, 11) is 1.66. The van der Waals surface area contributed by atoms with Gasteiger partial charge in [-0.05, 0) is 47.1 Å². The van der Waals surface area contributed by atoms with Crippen molar-refractivity contribution in [2.75, 3.05) is 48.4 Å². The molecule has 0 bridgehead atoms. The van der Waals surface area contributed by atoms with Gasteiger partial charge in [0.05, 0.1) is 30.6 Å². The summed E-state index contributed by atoms with van der Waals surface area (Å²) in [5.74, 6) is -0.0990. The van der Waals surface area contributed by atoms with Gasteiger partial charge in [-0.15, -0.1) is 0 Å². The number of aryl methyl sites for hydroxylation is 1. The third kappa shape index (κ3) is 4.72. The molecule has 3 heterocycles. The SMILES string of the molecule is C=CC(=O)Nc1cc(Nc2nc(Br)cn(C)c2=O)ccc1N1CCN(C2COC2)C[C@@H]1C. The number of piperazine rings is 1. The average molecular weight is 503 g/mol. The molecule has 2 N–H and O–H groups in total. The lowest BCUT2D eigenvalue weighted by Crippen LogP contribution is -2.59. The number of nitrogens with zero attached hydrogens (tertiary/aromatic N) is 4. The molecule has 2 aromatic rings. The van der Waals surface area contributed by atoms with Crippen LogP contribution in [0, 0.1) is 0 Å². The first-order valence-corrected chi connectivity index (χ1v) is 11.3. The lowest BCUT2D eigenvalue weighted by molar-refractivity contribution is -0.111. The summed E-state index contributed by atoms with van der Waals surface area (Å²) >= 11 is 3.31. The summed E-state index contributed by atoms with van der Waals surface area (Å²) in [5, 5.41) is 5.98. The number of nitrogens with one attached hydrogen (secondary N) is 2. The summed E-state index contributed by atoms with van der Waals surface area (Å²) < 4.78 is 7.34. The van der Waals surface area contributed by atoms with Crippen molar-refractivity contribution < 1.29 is 9.53 Å². The van der Waals surface area contributed by atoms with Crippen LogP contribution in [0.3, 0.4) is 0 Å². The minimum absolute atomic E-state index is 0.195. The Morgan fingerprint density at radius 2 is 2.12 bits per heavy atom. The molecule has 0 aliphatic carbocycles. The van der Waals surface area contributed by atoms with Crippen LogP contribution >= 0.6 is 15.9 Å². The zero-order valence-electron chi connectivity index (χ0n) is 18.2. The van der Waals surface area contributed by atoms with Gasteiger partial charge in [-0.2, -0.15) is 0 Å². The van der Waals surface area contributed by atoms with Crippen LogP contribution < -0.4 is 21.1 Å². The molecule has 0 spiro atoms. The number of anilines is 4. The van der Waals surface area contributed by atoms with Crippen LogP contribution in [-0.4, -0.2) is 65.3 Å². The summed E-state index contributed by atoms with van der Waals surface area (Å²) in [6.07, 6.45) is 2.84. The number of hydrogen-bond donors (Lipinski definition) is 2. The van der Waals surface area contributed by atoms with Crippen molar-refractivity contribution in [3.8, 4) is 0 Å². The first kappa shape index (κ1) is 22.5. The lowest BCUT2D eigenvalue weighted by atomic mass is 10.1. The van der Waals surface area contributed by atoms with E-state index in [2.05, 4.69) is 54.8 Å². The van der Waals surface area contributed by atoms with Crippen molar-refractivity contribution >= 4 is 44.7 Å². The van der Waals surface area contributed by atoms with Crippen LogP contribution in [0.2, 0.25) is 0 Å². The molecule has 0 unspecified atom stereocenters. The molecule has 2 aliphatic heterocycles. The second-order valence-electron chi connectivity index (χ2n) is 8.11. The van der Waals surface area contributed by atoms with Gasteiger partial charge in [0.15, 0.2) is 5.82 Å². The van der Waals surface area contributed by atoms with Gasteiger partial charge in [0, 0.05) is 44.6 Å². The predicted molar refractivity (Wildman–Crippen MR) is 129 cm³/mol. The maximum Gasteiger partial charge on any atom is 0.293 e. The highest BCUT2D eigenvalue weighted by atomic mass is 79.9. The Balaban J connectivity index is 1.61. The van der Waals surface area contributed by atoms with Gasteiger partial charge in [-0.25, -0.2) is 4.98 Å². The van der Waals surface area contributed by atoms with E-state index in [0.29, 0.717) is 22.0 Å². The number of carbonyl (C=O) groups is 1. The molecule has 2 fully saturated rings. The summed E-state index contributed by atoms with van der Waals surface area (Å²) in [6, 6.07) is 6.44. The Morgan fingerprint density at radius 3 is 2.78 bits per heavy atom. The van der Waals surface area contributed by atoms with Crippen LogP contribution in [0.25, 0.3) is 0 Å². The smallest absolute Gasteiger partial charge is 0.293 e. The molecule has 0 radical (unpaired) electrons. The van der Waals surface area contributed by atoms with Gasteiger partial charge in [0.1, 0.15) is 4.60 Å². The van der Waals surface area contributed by atoms with Gasteiger partial charge in [0.2, 0.25) is 5.91 Å². The number of benzene rings is 1. The molecule has 0 saturated carbocycles. The predicted octanol–water partition coefficient (Wildman–Crippen LogP) is 2.32. The third-order valence-electron chi connectivity index (χ3n) is 5.85. The average Bonchev–Trinajstić information content (AvgIpc) is 2.71. The molecule has 4 rings (SSSR count). The van der Waals surface area contributed by atoms with Crippen LogP contribution in [0.5, 0.6) is 0 Å². The van der Waals surface area contributed by atoms with E-state index in [4.69, 9.17) is 4.74 Å². The Bertz CT molecular complexity index is 1080. The first-order valence-electron chi connectivity index (χ1n) is 10.5. The molecule has 9 nitrogen and oxygen atoms in total. The Labute approximate surface area is 195 Å². The van der Waals surface area contributed by atoms with Gasteiger partial charge in [0.25, 0.3) is 5.56 Å². The monoisotopic (exact) mass is 502 g/mol. The molecule has 1 atom stereocenters. The fourth-order valence-electron chi connectivity index (χ4n) is 4.04. The largest absolute Gasteiger partial charge is 0.378 e. The van der Waals surface area contributed by atoms with Crippen LogP contribution in [0.4, 0.5) is 22.9 Å². The van der Waals surface area contributed by atoms with Crippen molar-refractivity contribution in [1.29, 1.82) is 0 Å². The maximum absolute atomic E-state index is 12.4. The Kier molecular flexibility index (Phi) is 6.63. The van der Waals surface area contributed by atoms with Crippen molar-refractivity contribution in [2.24, 2.45) is 7.05 Å². The quantitative estimate of drug-likeness (QED) is 0.585. The first-order chi connectivity index (χ1) is 15.4. The number of amides is 1. The van der Waals surface area contributed by atoms with E-state index >= 15 is 0 Å². The van der Waals surface area contributed by atoms with Gasteiger partial charge in [-0.1, -0.05) is 6.58 Å². The van der Waals surface area contributed by atoms with Crippen LogP contribution in [0.15, 0.2) is 46.4 Å². The van der Waals surface area contributed by atoms with Gasteiger partial charge < -0.3 is 24.8 Å². The molecule has 2 aliphatic rings. The number of hydrogen-bond acceptors (Lipinski definition) is 7. The summed E-state index contributed by atoms with van der Waals surface area (Å²) in [6.45, 7) is 10.1. The van der Waals surface area contributed by atoms with E-state index in [1.807, 2.05) is 18.2 Å². The normalized spacial score (nSPS) is 19.3. The van der Waals surface area contributed by atoms with Crippen molar-refractivity contribution in [1.82, 2.24) is 14.5 Å². The van der Waals surface area contributed by atoms with Gasteiger partial charge in [-0.3, -0.25) is 14.5 Å². The minimum atomic E-state index is -0.294. The van der Waals surface area contributed by atoms with Crippen LogP contribution in [0.1, 0.15) is 6.92 Å². The Morgan fingerprint density at radius 1 is 1.34 bits per heavy atom. The van der Waals surface area contributed by atoms with Crippen molar-refractivity contribution in [3.63, 3.8) is 0 Å². The summed E-state index contributed by atoms with van der Waals surface area (Å²) in [5.41, 5.74) is 1.98. The molecule has 170 valence electrons. The molecule has 2 saturated heterocycles. The molecular formula is C22H27BrN6O3. The number of rotatable bonds is 6. The van der Waals surface area contributed by atoms with Crippen LogP contribution in [-0.2, 0) is 16.6 Å².